The summed E-state index contributed by atoms with van der Waals surface area (Å²) in [4.78, 5) is 0. The van der Waals surface area contributed by atoms with Crippen LogP contribution in [0.2, 0.25) is 0 Å². The van der Waals surface area contributed by atoms with Crippen molar-refractivity contribution >= 4 is 0 Å². The summed E-state index contributed by atoms with van der Waals surface area (Å²) in [5.74, 6) is 0.917. The van der Waals surface area contributed by atoms with E-state index >= 15 is 0 Å². The highest BCUT2D eigenvalue weighted by atomic mass is 14.0. The van der Waals surface area contributed by atoms with E-state index in [1.54, 1.807) is 0 Å². The summed E-state index contributed by atoms with van der Waals surface area (Å²) >= 11 is 0. The van der Waals surface area contributed by atoms with Gasteiger partial charge in [0.1, 0.15) is 0 Å². The summed E-state index contributed by atoms with van der Waals surface area (Å²) in [5.41, 5.74) is 0. The molecule has 0 aliphatic carbocycles. The lowest BCUT2D eigenvalue weighted by atomic mass is 10.0. The minimum atomic E-state index is 0.917. The zero-order valence-corrected chi connectivity index (χ0v) is 14.6. The smallest absolute Gasteiger partial charge is 0.0351 e. The Labute approximate surface area is 129 Å². The Morgan fingerprint density at radius 3 is 1.70 bits per heavy atom. The summed E-state index contributed by atoms with van der Waals surface area (Å²) in [6.07, 6.45) is 24.5. The fraction of sp³-hybridized carbons (Fsp3) is 0.900. The minimum Gasteiger partial charge on any atom is -0.0885 e. The van der Waals surface area contributed by atoms with Crippen LogP contribution in [-0.4, -0.2) is 0 Å². The second kappa shape index (κ2) is 16.8. The molecule has 0 rings (SSSR count). The van der Waals surface area contributed by atoms with Gasteiger partial charge in [-0.05, 0) is 31.6 Å². The summed E-state index contributed by atoms with van der Waals surface area (Å²) in [5, 5.41) is 0. The maximum atomic E-state index is 2.41. The van der Waals surface area contributed by atoms with Gasteiger partial charge >= 0.3 is 0 Å². The molecule has 0 nitrogen and oxygen atoms in total. The van der Waals surface area contributed by atoms with Gasteiger partial charge in [0.25, 0.3) is 0 Å². The van der Waals surface area contributed by atoms with Crippen molar-refractivity contribution in [1.82, 2.24) is 0 Å². The quantitative estimate of drug-likeness (QED) is 0.213. The Hall–Kier alpha value is -0.260. The molecule has 0 heterocycles. The van der Waals surface area contributed by atoms with Crippen molar-refractivity contribution in [2.75, 3.05) is 0 Å². The van der Waals surface area contributed by atoms with Crippen molar-refractivity contribution < 1.29 is 0 Å². The number of unbranched alkanes of at least 4 members (excludes halogenated alkanes) is 10. The third-order valence-corrected chi connectivity index (χ3v) is 4.41. The first-order valence-electron chi connectivity index (χ1n) is 9.46. The fourth-order valence-corrected chi connectivity index (χ4v) is 2.60. The van der Waals surface area contributed by atoms with E-state index in [2.05, 4.69) is 32.9 Å². The lowest BCUT2D eigenvalue weighted by molar-refractivity contribution is 0.498. The number of allylic oxidation sites excluding steroid dienone is 2. The number of hydrogen-bond acceptors (Lipinski definition) is 0. The molecule has 0 aromatic heterocycles. The molecule has 0 fully saturated rings. The average molecular weight is 281 g/mol. The highest BCUT2D eigenvalue weighted by molar-refractivity contribution is 4.81. The minimum absolute atomic E-state index is 0.917. The van der Waals surface area contributed by atoms with Crippen molar-refractivity contribution in [2.24, 2.45) is 5.92 Å². The van der Waals surface area contributed by atoms with Crippen LogP contribution in [0.15, 0.2) is 12.2 Å². The molecule has 120 valence electrons. The molecule has 0 aliphatic heterocycles. The van der Waals surface area contributed by atoms with E-state index in [9.17, 15) is 0 Å². The highest BCUT2D eigenvalue weighted by Crippen LogP contribution is 2.12. The van der Waals surface area contributed by atoms with E-state index < -0.39 is 0 Å². The first-order valence-corrected chi connectivity index (χ1v) is 9.46. The van der Waals surface area contributed by atoms with Gasteiger partial charge in [-0.15, -0.1) is 0 Å². The van der Waals surface area contributed by atoms with Crippen LogP contribution in [0.25, 0.3) is 0 Å². The molecular weight excluding hydrogens is 240 g/mol. The van der Waals surface area contributed by atoms with Crippen LogP contribution < -0.4 is 0 Å². The van der Waals surface area contributed by atoms with Crippen LogP contribution in [0.1, 0.15) is 111 Å². The van der Waals surface area contributed by atoms with E-state index in [-0.39, 0.29) is 0 Å². The maximum absolute atomic E-state index is 2.41. The largest absolute Gasteiger partial charge is 0.0885 e. The molecule has 1 atom stereocenters. The van der Waals surface area contributed by atoms with Gasteiger partial charge < -0.3 is 0 Å². The molecule has 0 amide bonds. The zero-order chi connectivity index (χ0) is 14.9. The van der Waals surface area contributed by atoms with Gasteiger partial charge in [0.05, 0.1) is 0 Å². The Morgan fingerprint density at radius 1 is 0.650 bits per heavy atom. The first-order chi connectivity index (χ1) is 9.81. The summed E-state index contributed by atoms with van der Waals surface area (Å²) in [6.45, 7) is 6.95. The molecule has 0 aromatic rings. The summed E-state index contributed by atoms with van der Waals surface area (Å²) in [7, 11) is 0. The maximum Gasteiger partial charge on any atom is -0.0351 e. The van der Waals surface area contributed by atoms with Gasteiger partial charge in [-0.25, -0.2) is 0 Å². The van der Waals surface area contributed by atoms with Gasteiger partial charge in [-0.3, -0.25) is 0 Å². The average Bonchev–Trinajstić information content (AvgIpc) is 2.47. The van der Waals surface area contributed by atoms with Crippen molar-refractivity contribution in [3.63, 3.8) is 0 Å². The summed E-state index contributed by atoms with van der Waals surface area (Å²) in [6, 6.07) is 0. The van der Waals surface area contributed by atoms with E-state index in [4.69, 9.17) is 0 Å². The molecule has 0 bridgehead atoms. The Morgan fingerprint density at radius 2 is 1.15 bits per heavy atom. The third-order valence-electron chi connectivity index (χ3n) is 4.41. The predicted molar refractivity (Wildman–Crippen MR) is 94.3 cm³/mol. The second-order valence-corrected chi connectivity index (χ2v) is 6.53. The Bertz CT molecular complexity index is 192. The molecule has 0 saturated carbocycles. The molecule has 0 saturated heterocycles. The van der Waals surface area contributed by atoms with E-state index in [0.717, 1.165) is 5.92 Å². The van der Waals surface area contributed by atoms with Crippen LogP contribution in [0.3, 0.4) is 0 Å². The van der Waals surface area contributed by atoms with E-state index in [0.29, 0.717) is 0 Å². The Balaban J connectivity index is 3.08. The van der Waals surface area contributed by atoms with Crippen molar-refractivity contribution in [2.45, 2.75) is 111 Å². The first kappa shape index (κ1) is 19.7. The standard InChI is InChI=1S/C20H40/c1-4-6-7-8-9-10-11-12-13-14-15-16-17-18-19-20(3)5-2/h15-16,20H,4-14,17-19H2,1-3H3. The summed E-state index contributed by atoms with van der Waals surface area (Å²) < 4.78 is 0. The molecule has 0 radical (unpaired) electrons. The zero-order valence-electron chi connectivity index (χ0n) is 14.6. The molecule has 0 heteroatoms. The Kier molecular flexibility index (Phi) is 16.6. The van der Waals surface area contributed by atoms with Crippen molar-refractivity contribution in [1.29, 1.82) is 0 Å². The monoisotopic (exact) mass is 280 g/mol. The van der Waals surface area contributed by atoms with Crippen molar-refractivity contribution in [3.05, 3.63) is 12.2 Å². The SMILES string of the molecule is CCCCCCCCCCCC=CCCCC(C)CC. The number of rotatable bonds is 15. The van der Waals surface area contributed by atoms with E-state index in [1.165, 1.54) is 89.9 Å². The van der Waals surface area contributed by atoms with Gasteiger partial charge in [0.2, 0.25) is 0 Å². The van der Waals surface area contributed by atoms with Crippen LogP contribution in [0.5, 0.6) is 0 Å². The topological polar surface area (TPSA) is 0 Å². The van der Waals surface area contributed by atoms with Gasteiger partial charge in [0, 0.05) is 0 Å². The lowest BCUT2D eigenvalue weighted by Gasteiger charge is -2.05. The van der Waals surface area contributed by atoms with Crippen molar-refractivity contribution in [3.8, 4) is 0 Å². The third kappa shape index (κ3) is 15.8. The van der Waals surface area contributed by atoms with Crippen LogP contribution >= 0.6 is 0 Å². The van der Waals surface area contributed by atoms with Gasteiger partial charge in [0.15, 0.2) is 0 Å². The van der Waals surface area contributed by atoms with E-state index in [1.807, 2.05) is 0 Å². The second-order valence-electron chi connectivity index (χ2n) is 6.53. The van der Waals surface area contributed by atoms with Gasteiger partial charge in [-0.1, -0.05) is 97.1 Å². The van der Waals surface area contributed by atoms with Crippen LogP contribution in [-0.2, 0) is 0 Å². The highest BCUT2D eigenvalue weighted by Gasteiger charge is 1.96. The molecule has 1 unspecified atom stereocenters. The lowest BCUT2D eigenvalue weighted by Crippen LogP contribution is -1.90. The normalized spacial score (nSPS) is 13.2. The predicted octanol–water partition coefficient (Wildman–Crippen LogP) is 7.68. The molecule has 20 heavy (non-hydrogen) atoms. The van der Waals surface area contributed by atoms with Gasteiger partial charge in [-0.2, -0.15) is 0 Å². The molecule has 0 aromatic carbocycles. The molecule has 0 N–H and O–H groups in total. The molecule has 0 aliphatic rings. The molecular formula is C20H40. The van der Waals surface area contributed by atoms with Crippen LogP contribution in [0.4, 0.5) is 0 Å². The fourth-order valence-electron chi connectivity index (χ4n) is 2.60. The number of hydrogen-bond donors (Lipinski definition) is 0. The molecule has 0 spiro atoms. The van der Waals surface area contributed by atoms with Crippen LogP contribution in [0, 0.1) is 5.92 Å².